The van der Waals surface area contributed by atoms with Crippen LogP contribution in [0.15, 0.2) is 42.5 Å². The fraction of sp³-hybridized carbons (Fsp3) is 0.435. The quantitative estimate of drug-likeness (QED) is 0.638. The van der Waals surface area contributed by atoms with Gasteiger partial charge in [-0.3, -0.25) is 0 Å². The molecular formula is C23H27NO2S. The van der Waals surface area contributed by atoms with E-state index in [0.717, 1.165) is 17.9 Å². The number of anilines is 1. The lowest BCUT2D eigenvalue weighted by atomic mass is 9.64. The predicted octanol–water partition coefficient (Wildman–Crippen LogP) is 5.87. The molecule has 1 aliphatic heterocycles. The van der Waals surface area contributed by atoms with Crippen LogP contribution in [0.5, 0.6) is 11.5 Å². The van der Waals surface area contributed by atoms with Crippen molar-refractivity contribution in [2.75, 3.05) is 5.32 Å². The number of hydrogen-bond acceptors (Lipinski definition) is 3. The van der Waals surface area contributed by atoms with E-state index in [0.29, 0.717) is 28.3 Å². The molecule has 4 rings (SSSR count). The molecule has 1 aliphatic carbocycles. The van der Waals surface area contributed by atoms with Crippen molar-refractivity contribution in [3.63, 3.8) is 0 Å². The Morgan fingerprint density at radius 2 is 1.93 bits per heavy atom. The fourth-order valence-electron chi connectivity index (χ4n) is 4.78. The van der Waals surface area contributed by atoms with Crippen LogP contribution < -0.4 is 10.1 Å². The molecule has 27 heavy (non-hydrogen) atoms. The number of ether oxygens (including phenoxy) is 1. The minimum Gasteiger partial charge on any atom is -0.507 e. The van der Waals surface area contributed by atoms with Crippen molar-refractivity contribution < 1.29 is 9.84 Å². The van der Waals surface area contributed by atoms with Gasteiger partial charge in [-0.2, -0.15) is 0 Å². The summed E-state index contributed by atoms with van der Waals surface area (Å²) < 4.78 is 6.33. The molecule has 142 valence electrons. The number of phenolic OH excluding ortho intramolecular Hbond substituents is 1. The molecule has 4 heteroatoms. The molecule has 0 unspecified atom stereocenters. The van der Waals surface area contributed by atoms with Crippen molar-refractivity contribution >= 4 is 22.9 Å². The van der Waals surface area contributed by atoms with Gasteiger partial charge in [-0.25, -0.2) is 0 Å². The van der Waals surface area contributed by atoms with Gasteiger partial charge < -0.3 is 15.2 Å². The first-order chi connectivity index (χ1) is 12.8. The Bertz CT molecular complexity index is 862. The second-order valence-corrected chi connectivity index (χ2v) is 8.97. The summed E-state index contributed by atoms with van der Waals surface area (Å²) in [5.41, 5.74) is 2.57. The minimum atomic E-state index is -0.214. The molecule has 1 saturated carbocycles. The first kappa shape index (κ1) is 18.3. The van der Waals surface area contributed by atoms with E-state index in [9.17, 15) is 5.11 Å². The number of nitrogens with one attached hydrogen (secondary N) is 1. The number of thiocarbonyl (C=S) groups is 1. The molecule has 0 saturated heterocycles. The monoisotopic (exact) mass is 381 g/mol. The van der Waals surface area contributed by atoms with Gasteiger partial charge in [0.15, 0.2) is 0 Å². The SMILES string of the molecule is C[C@@H]1CC[C@@H]2[C@@H](C1)c1cc(C(=S)Nc3ccccc3)c(O)cc1OC2(C)C. The molecule has 3 nitrogen and oxygen atoms in total. The van der Waals surface area contributed by atoms with Crippen LogP contribution in [0, 0.1) is 11.8 Å². The van der Waals surface area contributed by atoms with E-state index >= 15 is 0 Å². The zero-order chi connectivity index (χ0) is 19.2. The molecule has 0 bridgehead atoms. The average Bonchev–Trinajstić information content (AvgIpc) is 2.61. The van der Waals surface area contributed by atoms with Gasteiger partial charge in [-0.05, 0) is 62.3 Å². The molecule has 2 aliphatic rings. The third-order valence-electron chi connectivity index (χ3n) is 6.18. The highest BCUT2D eigenvalue weighted by Gasteiger charge is 2.46. The summed E-state index contributed by atoms with van der Waals surface area (Å²) >= 11 is 5.60. The zero-order valence-electron chi connectivity index (χ0n) is 16.2. The summed E-state index contributed by atoms with van der Waals surface area (Å²) in [7, 11) is 0. The molecule has 2 aromatic rings. The number of phenols is 1. The normalized spacial score (nSPS) is 25.7. The summed E-state index contributed by atoms with van der Waals surface area (Å²) in [6.07, 6.45) is 3.59. The lowest BCUT2D eigenvalue weighted by molar-refractivity contribution is -0.0137. The van der Waals surface area contributed by atoms with Gasteiger partial charge in [0.1, 0.15) is 22.1 Å². The first-order valence-electron chi connectivity index (χ1n) is 9.77. The Balaban J connectivity index is 1.71. The van der Waals surface area contributed by atoms with E-state index < -0.39 is 0 Å². The number of rotatable bonds is 2. The van der Waals surface area contributed by atoms with Crippen molar-refractivity contribution in [2.24, 2.45) is 11.8 Å². The van der Waals surface area contributed by atoms with Crippen LogP contribution in [-0.4, -0.2) is 15.7 Å². The van der Waals surface area contributed by atoms with Gasteiger partial charge in [-0.15, -0.1) is 0 Å². The third kappa shape index (κ3) is 3.43. The lowest BCUT2D eigenvalue weighted by Crippen LogP contribution is -2.46. The molecule has 1 heterocycles. The Morgan fingerprint density at radius 3 is 2.67 bits per heavy atom. The highest BCUT2D eigenvalue weighted by molar-refractivity contribution is 7.81. The standard InChI is InChI=1S/C23H27NO2S/c1-14-9-10-19-16(11-14)17-12-18(20(25)13-21(17)26-23(19,2)3)22(27)24-15-7-5-4-6-8-15/h4-8,12-14,16,19,25H,9-11H2,1-3H3,(H,24,27)/t14-,16+,19-/m1/s1. The largest absolute Gasteiger partial charge is 0.507 e. The summed E-state index contributed by atoms with van der Waals surface area (Å²) in [6.45, 7) is 6.69. The summed E-state index contributed by atoms with van der Waals surface area (Å²) in [5, 5.41) is 13.9. The molecule has 3 atom stereocenters. The van der Waals surface area contributed by atoms with Crippen LogP contribution in [0.2, 0.25) is 0 Å². The zero-order valence-corrected chi connectivity index (χ0v) is 17.0. The smallest absolute Gasteiger partial charge is 0.129 e. The van der Waals surface area contributed by atoms with Gasteiger partial charge in [0.05, 0.1) is 5.56 Å². The minimum absolute atomic E-state index is 0.167. The van der Waals surface area contributed by atoms with Gasteiger partial charge in [-0.1, -0.05) is 43.8 Å². The van der Waals surface area contributed by atoms with Crippen molar-refractivity contribution in [1.82, 2.24) is 0 Å². The highest BCUT2D eigenvalue weighted by atomic mass is 32.1. The highest BCUT2D eigenvalue weighted by Crippen LogP contribution is 2.53. The Labute approximate surface area is 166 Å². The van der Waals surface area contributed by atoms with Crippen LogP contribution in [0.3, 0.4) is 0 Å². The molecule has 0 radical (unpaired) electrons. The predicted molar refractivity (Wildman–Crippen MR) is 114 cm³/mol. The summed E-state index contributed by atoms with van der Waals surface area (Å²) in [4.78, 5) is 0.534. The van der Waals surface area contributed by atoms with Gasteiger partial charge in [0, 0.05) is 17.7 Å². The molecular weight excluding hydrogens is 354 g/mol. The van der Waals surface area contributed by atoms with Gasteiger partial charge in [0.2, 0.25) is 0 Å². The van der Waals surface area contributed by atoms with Crippen molar-refractivity contribution in [1.29, 1.82) is 0 Å². The molecule has 0 aromatic heterocycles. The Hall–Kier alpha value is -2.07. The van der Waals surface area contributed by atoms with E-state index in [1.165, 1.54) is 18.4 Å². The van der Waals surface area contributed by atoms with E-state index in [4.69, 9.17) is 17.0 Å². The maximum absolute atomic E-state index is 10.6. The molecule has 0 amide bonds. The second kappa shape index (κ2) is 6.83. The maximum atomic E-state index is 10.6. The number of para-hydroxylation sites is 1. The van der Waals surface area contributed by atoms with Crippen LogP contribution >= 0.6 is 12.2 Å². The van der Waals surface area contributed by atoms with Crippen molar-refractivity contribution in [2.45, 2.75) is 51.6 Å². The van der Waals surface area contributed by atoms with E-state index in [-0.39, 0.29) is 11.4 Å². The van der Waals surface area contributed by atoms with Crippen molar-refractivity contribution in [3.05, 3.63) is 53.6 Å². The topological polar surface area (TPSA) is 41.5 Å². The Morgan fingerprint density at radius 1 is 1.19 bits per heavy atom. The summed E-state index contributed by atoms with van der Waals surface area (Å²) in [5.74, 6) is 2.62. The van der Waals surface area contributed by atoms with Crippen LogP contribution in [0.25, 0.3) is 0 Å². The second-order valence-electron chi connectivity index (χ2n) is 8.56. The number of fused-ring (bicyclic) bond motifs is 3. The number of aromatic hydroxyl groups is 1. The van der Waals surface area contributed by atoms with Gasteiger partial charge in [0.25, 0.3) is 0 Å². The van der Waals surface area contributed by atoms with E-state index in [1.807, 2.05) is 36.4 Å². The lowest BCUT2D eigenvalue weighted by Gasteiger charge is -2.48. The fourth-order valence-corrected chi connectivity index (χ4v) is 5.06. The van der Waals surface area contributed by atoms with Crippen LogP contribution in [-0.2, 0) is 0 Å². The molecule has 0 spiro atoms. The van der Waals surface area contributed by atoms with Crippen LogP contribution in [0.4, 0.5) is 5.69 Å². The maximum Gasteiger partial charge on any atom is 0.129 e. The van der Waals surface area contributed by atoms with E-state index in [1.54, 1.807) is 6.07 Å². The van der Waals surface area contributed by atoms with E-state index in [2.05, 4.69) is 26.1 Å². The average molecular weight is 382 g/mol. The number of benzene rings is 2. The first-order valence-corrected chi connectivity index (χ1v) is 10.2. The molecule has 1 fully saturated rings. The van der Waals surface area contributed by atoms with Crippen molar-refractivity contribution in [3.8, 4) is 11.5 Å². The Kier molecular flexibility index (Phi) is 4.63. The summed E-state index contributed by atoms with van der Waals surface area (Å²) in [6, 6.07) is 13.6. The van der Waals surface area contributed by atoms with Crippen LogP contribution in [0.1, 0.15) is 57.1 Å². The van der Waals surface area contributed by atoms with Gasteiger partial charge >= 0.3 is 0 Å². The molecule has 2 aromatic carbocycles. The third-order valence-corrected chi connectivity index (χ3v) is 6.50. The number of hydrogen-bond donors (Lipinski definition) is 2. The molecule has 2 N–H and O–H groups in total.